The van der Waals surface area contributed by atoms with Crippen molar-refractivity contribution in [3.63, 3.8) is 0 Å². The fraction of sp³-hybridized carbons (Fsp3) is 0.909. The van der Waals surface area contributed by atoms with E-state index >= 15 is 0 Å². The van der Waals surface area contributed by atoms with Crippen LogP contribution < -0.4 is 5.32 Å². The summed E-state index contributed by atoms with van der Waals surface area (Å²) in [4.78, 5) is 13.9. The molecule has 4 aliphatic rings. The number of fused-ring (bicyclic) bond motifs is 3. The number of aliphatic carboxylic acids is 1. The number of β-amino-alcohol motifs (C(OH)–C–C–N with tert-alkyl or cyclic N) is 1. The maximum atomic E-state index is 11.7. The van der Waals surface area contributed by atoms with Gasteiger partial charge in [0.2, 0.25) is 0 Å². The molecule has 90 valence electrons. The summed E-state index contributed by atoms with van der Waals surface area (Å²) in [5.41, 5.74) is -1.97. The van der Waals surface area contributed by atoms with E-state index in [9.17, 15) is 15.0 Å². The molecule has 0 saturated carbocycles. The van der Waals surface area contributed by atoms with Crippen molar-refractivity contribution in [3.8, 4) is 0 Å². The standard InChI is InChI=1S/C11H18N2O3/c14-9(15)11(10(16)5-12-6-10)7-13-3-1-8(11)2-4-13/h8,12,16H,1-7H2,(H,14,15). The molecule has 0 spiro atoms. The van der Waals surface area contributed by atoms with Crippen LogP contribution in [0.5, 0.6) is 0 Å². The number of aliphatic hydroxyl groups is 1. The van der Waals surface area contributed by atoms with Gasteiger partial charge >= 0.3 is 5.97 Å². The summed E-state index contributed by atoms with van der Waals surface area (Å²) in [6.45, 7) is 3.34. The molecule has 3 N–H and O–H groups in total. The van der Waals surface area contributed by atoms with Crippen LogP contribution in [0.2, 0.25) is 0 Å². The van der Waals surface area contributed by atoms with Crippen LogP contribution >= 0.6 is 0 Å². The fourth-order valence-electron chi connectivity index (χ4n) is 3.71. The fourth-order valence-corrected chi connectivity index (χ4v) is 3.71. The molecule has 4 rings (SSSR count). The van der Waals surface area contributed by atoms with E-state index in [1.807, 2.05) is 0 Å². The highest BCUT2D eigenvalue weighted by Crippen LogP contribution is 2.50. The summed E-state index contributed by atoms with van der Waals surface area (Å²) in [6, 6.07) is 0. The van der Waals surface area contributed by atoms with Gasteiger partial charge in [-0.15, -0.1) is 0 Å². The highest BCUT2D eigenvalue weighted by molar-refractivity contribution is 5.78. The average Bonchev–Trinajstić information content (AvgIpc) is 2.26. The van der Waals surface area contributed by atoms with Crippen molar-refractivity contribution in [3.05, 3.63) is 0 Å². The van der Waals surface area contributed by atoms with E-state index in [1.165, 1.54) is 0 Å². The Morgan fingerprint density at radius 3 is 2.25 bits per heavy atom. The molecular formula is C11H18N2O3. The minimum Gasteiger partial charge on any atom is -0.481 e. The first kappa shape index (κ1) is 10.5. The van der Waals surface area contributed by atoms with E-state index in [-0.39, 0.29) is 5.92 Å². The molecule has 0 aromatic rings. The topological polar surface area (TPSA) is 72.8 Å². The molecule has 5 nitrogen and oxygen atoms in total. The Morgan fingerprint density at radius 2 is 1.94 bits per heavy atom. The van der Waals surface area contributed by atoms with Gasteiger partial charge in [0.1, 0.15) is 11.0 Å². The second-order valence-corrected chi connectivity index (χ2v) is 5.46. The number of hydrogen-bond donors (Lipinski definition) is 3. The van der Waals surface area contributed by atoms with Gasteiger partial charge in [0.05, 0.1) is 0 Å². The SMILES string of the molecule is O=C(O)C1(C2(O)CNC2)CN2CCC1CC2. The lowest BCUT2D eigenvalue weighted by atomic mass is 9.56. The molecule has 0 amide bonds. The Morgan fingerprint density at radius 1 is 1.31 bits per heavy atom. The molecule has 1 atom stereocenters. The Labute approximate surface area is 94.4 Å². The third-order valence-electron chi connectivity index (χ3n) is 4.80. The van der Waals surface area contributed by atoms with E-state index in [0.29, 0.717) is 19.6 Å². The van der Waals surface area contributed by atoms with Gasteiger partial charge in [0.15, 0.2) is 0 Å². The lowest BCUT2D eigenvalue weighted by molar-refractivity contribution is -0.212. The first-order chi connectivity index (χ1) is 7.58. The summed E-state index contributed by atoms with van der Waals surface area (Å²) < 4.78 is 0. The molecule has 4 heterocycles. The Hall–Kier alpha value is -0.650. The summed E-state index contributed by atoms with van der Waals surface area (Å²) in [5, 5.41) is 23.1. The van der Waals surface area contributed by atoms with Gasteiger partial charge in [0, 0.05) is 19.6 Å². The normalized spacial score (nSPS) is 45.1. The number of hydrogen-bond acceptors (Lipinski definition) is 4. The molecule has 4 fully saturated rings. The molecule has 4 aliphatic heterocycles. The lowest BCUT2D eigenvalue weighted by Crippen LogP contribution is -2.77. The number of carboxylic acid groups (broad SMARTS) is 1. The maximum absolute atomic E-state index is 11.7. The van der Waals surface area contributed by atoms with Crippen molar-refractivity contribution in [2.75, 3.05) is 32.7 Å². The number of rotatable bonds is 2. The Kier molecular flexibility index (Phi) is 2.09. The molecule has 0 radical (unpaired) electrons. The molecular weight excluding hydrogens is 208 g/mol. The van der Waals surface area contributed by atoms with Crippen molar-refractivity contribution >= 4 is 5.97 Å². The van der Waals surface area contributed by atoms with Gasteiger partial charge in [-0.3, -0.25) is 4.79 Å². The monoisotopic (exact) mass is 226 g/mol. The van der Waals surface area contributed by atoms with Gasteiger partial charge in [-0.05, 0) is 31.8 Å². The van der Waals surface area contributed by atoms with E-state index in [0.717, 1.165) is 25.9 Å². The van der Waals surface area contributed by atoms with Crippen molar-refractivity contribution in [1.29, 1.82) is 0 Å². The predicted octanol–water partition coefficient (Wildman–Crippen LogP) is -0.883. The van der Waals surface area contributed by atoms with Gasteiger partial charge < -0.3 is 20.4 Å². The minimum atomic E-state index is -1.04. The highest BCUT2D eigenvalue weighted by Gasteiger charge is 2.65. The van der Waals surface area contributed by atoms with Gasteiger partial charge in [-0.25, -0.2) is 0 Å². The van der Waals surface area contributed by atoms with Crippen molar-refractivity contribution in [2.45, 2.75) is 18.4 Å². The zero-order chi connectivity index (χ0) is 11.4. The second-order valence-electron chi connectivity index (χ2n) is 5.46. The zero-order valence-corrected chi connectivity index (χ0v) is 9.28. The third kappa shape index (κ3) is 1.08. The third-order valence-corrected chi connectivity index (χ3v) is 4.80. The summed E-state index contributed by atoms with van der Waals surface area (Å²) in [5.74, 6) is -0.673. The van der Waals surface area contributed by atoms with E-state index in [2.05, 4.69) is 10.2 Å². The molecule has 16 heavy (non-hydrogen) atoms. The molecule has 1 unspecified atom stereocenters. The lowest BCUT2D eigenvalue weighted by Gasteiger charge is -2.60. The Balaban J connectivity index is 2.00. The number of nitrogens with zero attached hydrogens (tertiary/aromatic N) is 1. The minimum absolute atomic E-state index is 0.141. The van der Waals surface area contributed by atoms with Crippen molar-refractivity contribution in [2.24, 2.45) is 11.3 Å². The quantitative estimate of drug-likeness (QED) is 0.570. The van der Waals surface area contributed by atoms with Crippen LogP contribution in [0.3, 0.4) is 0 Å². The molecule has 0 aliphatic carbocycles. The van der Waals surface area contributed by atoms with E-state index in [1.54, 1.807) is 0 Å². The largest absolute Gasteiger partial charge is 0.481 e. The van der Waals surface area contributed by atoms with Crippen LogP contribution in [0.25, 0.3) is 0 Å². The molecule has 5 heteroatoms. The van der Waals surface area contributed by atoms with Gasteiger partial charge in [-0.1, -0.05) is 0 Å². The van der Waals surface area contributed by atoms with Crippen LogP contribution in [0.4, 0.5) is 0 Å². The van der Waals surface area contributed by atoms with Crippen LogP contribution in [0, 0.1) is 11.3 Å². The maximum Gasteiger partial charge on any atom is 0.314 e. The molecule has 4 saturated heterocycles. The molecule has 0 aromatic carbocycles. The number of carboxylic acids is 1. The molecule has 0 aromatic heterocycles. The van der Waals surface area contributed by atoms with Crippen molar-refractivity contribution in [1.82, 2.24) is 10.2 Å². The number of carbonyl (C=O) groups is 1. The average molecular weight is 226 g/mol. The van der Waals surface area contributed by atoms with Crippen LogP contribution in [-0.4, -0.2) is 59.4 Å². The summed E-state index contributed by atoms with van der Waals surface area (Å²) in [7, 11) is 0. The van der Waals surface area contributed by atoms with Crippen LogP contribution in [0.15, 0.2) is 0 Å². The van der Waals surface area contributed by atoms with Gasteiger partial charge in [-0.2, -0.15) is 0 Å². The highest BCUT2D eigenvalue weighted by atomic mass is 16.4. The zero-order valence-electron chi connectivity index (χ0n) is 9.28. The van der Waals surface area contributed by atoms with Gasteiger partial charge in [0.25, 0.3) is 0 Å². The first-order valence-corrected chi connectivity index (χ1v) is 5.97. The number of nitrogens with one attached hydrogen (secondary N) is 1. The summed E-state index contributed by atoms with van der Waals surface area (Å²) >= 11 is 0. The predicted molar refractivity (Wildman–Crippen MR) is 57.1 cm³/mol. The van der Waals surface area contributed by atoms with E-state index in [4.69, 9.17) is 0 Å². The smallest absolute Gasteiger partial charge is 0.314 e. The van der Waals surface area contributed by atoms with Crippen molar-refractivity contribution < 1.29 is 15.0 Å². The Bertz CT molecular complexity index is 321. The summed E-state index contributed by atoms with van der Waals surface area (Å²) in [6.07, 6.45) is 1.82. The molecule has 2 bridgehead atoms. The van der Waals surface area contributed by atoms with Crippen LogP contribution in [-0.2, 0) is 4.79 Å². The van der Waals surface area contributed by atoms with Crippen LogP contribution in [0.1, 0.15) is 12.8 Å². The number of piperidine rings is 3. The first-order valence-electron chi connectivity index (χ1n) is 5.97. The second kappa shape index (κ2) is 3.18. The van der Waals surface area contributed by atoms with E-state index < -0.39 is 17.0 Å².